The molecule has 4 aromatic rings. The molecule has 0 aliphatic heterocycles. The Balaban J connectivity index is 2.35. The topological polar surface area (TPSA) is 104 Å². The first-order valence-electron chi connectivity index (χ1n) is 10.0. The molecule has 1 aromatic carbocycles. The van der Waals surface area contributed by atoms with E-state index in [0.29, 0.717) is 18.5 Å². The summed E-state index contributed by atoms with van der Waals surface area (Å²) in [5.41, 5.74) is -0.442. The van der Waals surface area contributed by atoms with Gasteiger partial charge in [0, 0.05) is 13.1 Å². The highest BCUT2D eigenvalue weighted by Gasteiger charge is 2.25. The second-order valence-electron chi connectivity index (χ2n) is 7.02. The summed E-state index contributed by atoms with van der Waals surface area (Å²) < 4.78 is 5.17. The van der Waals surface area contributed by atoms with Crippen molar-refractivity contribution in [3.05, 3.63) is 67.1 Å². The van der Waals surface area contributed by atoms with E-state index in [1.54, 1.807) is 38.1 Å². The maximum absolute atomic E-state index is 13.3. The van der Waals surface area contributed by atoms with Crippen LogP contribution in [0.5, 0.6) is 5.88 Å². The first-order chi connectivity index (χ1) is 14.5. The van der Waals surface area contributed by atoms with Crippen LogP contribution in [0, 0.1) is 0 Å². The minimum Gasteiger partial charge on any atom is -0.494 e. The van der Waals surface area contributed by atoms with Crippen LogP contribution >= 0.6 is 0 Å². The van der Waals surface area contributed by atoms with Gasteiger partial charge in [-0.25, -0.2) is 13.8 Å². The average Bonchev–Trinajstić information content (AvgIpc) is 3.13. The highest BCUT2D eigenvalue weighted by molar-refractivity contribution is 5.77. The molecule has 0 atom stereocenters. The number of imidazole rings is 1. The Kier molecular flexibility index (Phi) is 4.81. The molecule has 9 nitrogen and oxygen atoms in total. The van der Waals surface area contributed by atoms with Crippen LogP contribution in [0.1, 0.15) is 32.8 Å². The number of para-hydroxylation sites is 1. The van der Waals surface area contributed by atoms with Gasteiger partial charge >= 0.3 is 5.69 Å². The van der Waals surface area contributed by atoms with Crippen molar-refractivity contribution in [3.63, 3.8) is 0 Å². The lowest BCUT2D eigenvalue weighted by atomic mass is 10.2. The number of hydrogen-bond acceptors (Lipinski definition) is 5. The standard InChI is InChI=1S/C21H23N5O4/c1-4-10-14-17(27)25(13-11-8-7-9-12-13)20-22-16-15(26(20)18(14)28)19(29)24(6-3)21(30)23(16)5-2/h7-9,11-12,28H,4-6,10H2,1-3H3. The Hall–Kier alpha value is -3.62. The number of fused-ring (bicyclic) bond motifs is 3. The summed E-state index contributed by atoms with van der Waals surface area (Å²) in [7, 11) is 0. The third-order valence-electron chi connectivity index (χ3n) is 5.30. The van der Waals surface area contributed by atoms with Gasteiger partial charge in [-0.3, -0.25) is 18.7 Å². The van der Waals surface area contributed by atoms with Gasteiger partial charge in [0.05, 0.1) is 11.3 Å². The van der Waals surface area contributed by atoms with Crippen molar-refractivity contribution in [1.82, 2.24) is 23.1 Å². The van der Waals surface area contributed by atoms with Crippen molar-refractivity contribution >= 4 is 16.9 Å². The van der Waals surface area contributed by atoms with E-state index in [0.717, 1.165) is 4.57 Å². The van der Waals surface area contributed by atoms with Gasteiger partial charge in [-0.1, -0.05) is 31.5 Å². The lowest BCUT2D eigenvalue weighted by molar-refractivity contribution is 0.435. The number of aromatic nitrogens is 5. The Morgan fingerprint density at radius 1 is 0.933 bits per heavy atom. The molecule has 0 spiro atoms. The van der Waals surface area contributed by atoms with Gasteiger partial charge in [0.25, 0.3) is 11.1 Å². The predicted octanol–water partition coefficient (Wildman–Crippen LogP) is 1.66. The summed E-state index contributed by atoms with van der Waals surface area (Å²) in [6.07, 6.45) is 0.969. The maximum atomic E-state index is 13.3. The fourth-order valence-corrected chi connectivity index (χ4v) is 3.88. The second-order valence-corrected chi connectivity index (χ2v) is 7.02. The first-order valence-corrected chi connectivity index (χ1v) is 10.0. The number of nitrogens with zero attached hydrogens (tertiary/aromatic N) is 5. The summed E-state index contributed by atoms with van der Waals surface area (Å²) in [6, 6.07) is 8.92. The molecule has 0 aliphatic carbocycles. The summed E-state index contributed by atoms with van der Waals surface area (Å²) in [5.74, 6) is -0.223. The zero-order chi connectivity index (χ0) is 21.6. The lowest BCUT2D eigenvalue weighted by Crippen LogP contribution is -2.39. The maximum Gasteiger partial charge on any atom is 0.332 e. The minimum atomic E-state index is -0.550. The number of hydrogen-bond donors (Lipinski definition) is 1. The fraction of sp³-hybridized carbons (Fsp3) is 0.333. The monoisotopic (exact) mass is 409 g/mol. The number of benzene rings is 1. The SMILES string of the molecule is CCCc1c(O)n2c3c(=O)n(CC)c(=O)n(CC)c3nc2n(-c2ccccc2)c1=O. The van der Waals surface area contributed by atoms with Crippen molar-refractivity contribution in [2.75, 3.05) is 0 Å². The lowest BCUT2D eigenvalue weighted by Gasteiger charge is -2.13. The minimum absolute atomic E-state index is 0.0767. The third kappa shape index (κ3) is 2.62. The van der Waals surface area contributed by atoms with Crippen LogP contribution in [-0.2, 0) is 19.5 Å². The summed E-state index contributed by atoms with van der Waals surface area (Å²) in [6.45, 7) is 5.86. The zero-order valence-electron chi connectivity index (χ0n) is 17.1. The molecular weight excluding hydrogens is 386 g/mol. The van der Waals surface area contributed by atoms with Gasteiger partial charge < -0.3 is 5.11 Å². The van der Waals surface area contributed by atoms with Gasteiger partial charge in [0.1, 0.15) is 0 Å². The van der Waals surface area contributed by atoms with E-state index < -0.39 is 16.8 Å². The molecule has 0 saturated carbocycles. The molecule has 3 heterocycles. The van der Waals surface area contributed by atoms with E-state index in [1.807, 2.05) is 13.0 Å². The average molecular weight is 409 g/mol. The highest BCUT2D eigenvalue weighted by atomic mass is 16.3. The Morgan fingerprint density at radius 3 is 2.20 bits per heavy atom. The number of aromatic hydroxyl groups is 1. The van der Waals surface area contributed by atoms with E-state index in [4.69, 9.17) is 0 Å². The Bertz CT molecular complexity index is 1440. The predicted molar refractivity (Wildman–Crippen MR) is 114 cm³/mol. The summed E-state index contributed by atoms with van der Waals surface area (Å²) in [4.78, 5) is 43.7. The summed E-state index contributed by atoms with van der Waals surface area (Å²) >= 11 is 0. The van der Waals surface area contributed by atoms with Crippen molar-refractivity contribution in [2.45, 2.75) is 46.7 Å². The first kappa shape index (κ1) is 19.7. The molecule has 0 radical (unpaired) electrons. The Labute approximate surface area is 171 Å². The van der Waals surface area contributed by atoms with E-state index in [2.05, 4.69) is 4.98 Å². The van der Waals surface area contributed by atoms with Crippen LogP contribution in [-0.4, -0.2) is 28.2 Å². The molecule has 1 N–H and O–H groups in total. The molecule has 0 amide bonds. The molecule has 30 heavy (non-hydrogen) atoms. The largest absolute Gasteiger partial charge is 0.494 e. The van der Waals surface area contributed by atoms with Crippen molar-refractivity contribution in [1.29, 1.82) is 0 Å². The second kappa shape index (κ2) is 7.33. The van der Waals surface area contributed by atoms with Crippen molar-refractivity contribution in [3.8, 4) is 11.6 Å². The zero-order valence-corrected chi connectivity index (χ0v) is 17.1. The van der Waals surface area contributed by atoms with Crippen LogP contribution in [0.4, 0.5) is 0 Å². The summed E-state index contributed by atoms with van der Waals surface area (Å²) in [5, 5.41) is 11.0. The molecule has 0 bridgehead atoms. The molecule has 9 heteroatoms. The molecule has 4 rings (SSSR count). The van der Waals surface area contributed by atoms with Gasteiger partial charge in [0.15, 0.2) is 11.2 Å². The molecule has 156 valence electrons. The molecular formula is C21H23N5O4. The van der Waals surface area contributed by atoms with Gasteiger partial charge in [-0.2, -0.15) is 4.98 Å². The fourth-order valence-electron chi connectivity index (χ4n) is 3.88. The molecule has 0 fully saturated rings. The van der Waals surface area contributed by atoms with Crippen LogP contribution in [0.3, 0.4) is 0 Å². The quantitative estimate of drug-likeness (QED) is 0.540. The van der Waals surface area contributed by atoms with E-state index in [1.165, 1.54) is 13.5 Å². The number of rotatable bonds is 5. The van der Waals surface area contributed by atoms with Crippen LogP contribution < -0.4 is 16.8 Å². The highest BCUT2D eigenvalue weighted by Crippen LogP contribution is 2.24. The smallest absolute Gasteiger partial charge is 0.332 e. The van der Waals surface area contributed by atoms with Crippen LogP contribution in [0.15, 0.2) is 44.7 Å². The van der Waals surface area contributed by atoms with Gasteiger partial charge in [-0.15, -0.1) is 0 Å². The molecule has 0 aliphatic rings. The van der Waals surface area contributed by atoms with Gasteiger partial charge in [0.2, 0.25) is 11.7 Å². The third-order valence-corrected chi connectivity index (χ3v) is 5.30. The molecule has 0 unspecified atom stereocenters. The Morgan fingerprint density at radius 2 is 1.60 bits per heavy atom. The van der Waals surface area contributed by atoms with E-state index in [9.17, 15) is 19.5 Å². The van der Waals surface area contributed by atoms with E-state index >= 15 is 0 Å². The number of aryl methyl sites for hydroxylation is 1. The molecule has 0 saturated heterocycles. The van der Waals surface area contributed by atoms with Crippen molar-refractivity contribution < 1.29 is 5.11 Å². The van der Waals surface area contributed by atoms with Crippen molar-refractivity contribution in [2.24, 2.45) is 0 Å². The normalized spacial score (nSPS) is 11.6. The van der Waals surface area contributed by atoms with Crippen LogP contribution in [0.2, 0.25) is 0 Å². The van der Waals surface area contributed by atoms with Crippen LogP contribution in [0.25, 0.3) is 22.6 Å². The van der Waals surface area contributed by atoms with Gasteiger partial charge in [-0.05, 0) is 32.4 Å². The van der Waals surface area contributed by atoms with E-state index in [-0.39, 0.29) is 41.5 Å². The molecule has 3 aromatic heterocycles.